The van der Waals surface area contributed by atoms with Gasteiger partial charge in [0, 0.05) is 35.5 Å². The van der Waals surface area contributed by atoms with Gasteiger partial charge in [0.2, 0.25) is 0 Å². The number of benzene rings is 2. The van der Waals surface area contributed by atoms with Gasteiger partial charge in [-0.2, -0.15) is 5.10 Å². The summed E-state index contributed by atoms with van der Waals surface area (Å²) in [5, 5.41) is 5.43. The quantitative estimate of drug-likeness (QED) is 0.338. The predicted octanol–water partition coefficient (Wildman–Crippen LogP) is 5.08. The lowest BCUT2D eigenvalue weighted by molar-refractivity contribution is 0.395. The number of nitrogen functional groups attached to an aromatic ring is 1. The van der Waals surface area contributed by atoms with Gasteiger partial charge in [0.05, 0.1) is 22.4 Å². The molecule has 1 saturated carbocycles. The molecule has 1 fully saturated rings. The number of nitrogens with two attached hydrogens (primary N) is 2. The van der Waals surface area contributed by atoms with Crippen LogP contribution in [-0.2, 0) is 27.9 Å². The first kappa shape index (κ1) is 26.2. The zero-order chi connectivity index (χ0) is 27.0. The van der Waals surface area contributed by atoms with E-state index >= 15 is 4.39 Å². The van der Waals surface area contributed by atoms with E-state index in [1.54, 1.807) is 12.1 Å². The normalized spacial score (nSPS) is 18.2. The van der Waals surface area contributed by atoms with Gasteiger partial charge in [-0.25, -0.2) is 22.2 Å². The summed E-state index contributed by atoms with van der Waals surface area (Å²) in [4.78, 5) is 4.46. The monoisotopic (exact) mass is 539 g/mol. The Morgan fingerprint density at radius 1 is 1.00 bits per heavy atom. The van der Waals surface area contributed by atoms with E-state index in [1.165, 1.54) is 30.3 Å². The Bertz CT molecular complexity index is 1590. The van der Waals surface area contributed by atoms with Crippen LogP contribution in [0.25, 0.3) is 22.2 Å². The average molecular weight is 540 g/mol. The molecule has 2 aromatic heterocycles. The smallest absolute Gasteiger partial charge is 0.158 e. The first-order valence-corrected chi connectivity index (χ1v) is 14.6. The second-order valence-corrected chi connectivity index (χ2v) is 12.1. The van der Waals surface area contributed by atoms with Gasteiger partial charge in [0.1, 0.15) is 23.1 Å². The van der Waals surface area contributed by atoms with Crippen LogP contribution in [0.5, 0.6) is 0 Å². The summed E-state index contributed by atoms with van der Waals surface area (Å²) in [6.07, 6.45) is 5.61. The second kappa shape index (κ2) is 10.4. The topological polar surface area (TPSA) is 117 Å². The number of nitrogens with zero attached hydrogens (tertiary/aromatic N) is 3. The van der Waals surface area contributed by atoms with Crippen LogP contribution >= 0.6 is 0 Å². The van der Waals surface area contributed by atoms with Crippen LogP contribution < -0.4 is 11.5 Å². The summed E-state index contributed by atoms with van der Waals surface area (Å²) in [6.45, 7) is 2.57. The first-order chi connectivity index (χ1) is 18.2. The Hall–Kier alpha value is -3.37. The number of aromatic nitrogens is 3. The van der Waals surface area contributed by atoms with Gasteiger partial charge in [-0.3, -0.25) is 4.68 Å². The number of aryl methyl sites for hydroxylation is 1. The molecule has 7 nitrogen and oxygen atoms in total. The van der Waals surface area contributed by atoms with E-state index in [1.807, 2.05) is 17.8 Å². The summed E-state index contributed by atoms with van der Waals surface area (Å²) in [7, 11) is -3.81. The third-order valence-corrected chi connectivity index (χ3v) is 8.87. The van der Waals surface area contributed by atoms with Gasteiger partial charge in [-0.05, 0) is 56.2 Å². The molecule has 0 bridgehead atoms. The highest BCUT2D eigenvalue weighted by Gasteiger charge is 2.27. The van der Waals surface area contributed by atoms with Gasteiger partial charge in [0.25, 0.3) is 0 Å². The second-order valence-electron chi connectivity index (χ2n) is 10.0. The molecule has 0 saturated heterocycles. The van der Waals surface area contributed by atoms with Crippen LogP contribution in [0.3, 0.4) is 0 Å². The number of hydrogen-bond acceptors (Lipinski definition) is 6. The van der Waals surface area contributed by atoms with Crippen molar-refractivity contribution in [1.29, 1.82) is 0 Å². The molecule has 0 spiro atoms. The lowest BCUT2D eigenvalue weighted by Gasteiger charge is -2.27. The van der Waals surface area contributed by atoms with E-state index < -0.39 is 33.0 Å². The van der Waals surface area contributed by atoms with E-state index in [0.717, 1.165) is 36.8 Å². The SMILES string of the molecule is CCn1nc(-c2ccc(CS(=O)(=O)Cc3ccccc3F)c(F)c2)c2c(N)ncc(C3CCC(N)CC3)c21. The number of anilines is 1. The molecule has 200 valence electrons. The first-order valence-electron chi connectivity index (χ1n) is 12.8. The van der Waals surface area contributed by atoms with Crippen LogP contribution in [0.2, 0.25) is 0 Å². The van der Waals surface area contributed by atoms with Crippen LogP contribution in [0, 0.1) is 11.6 Å². The lowest BCUT2D eigenvalue weighted by atomic mass is 9.82. The summed E-state index contributed by atoms with van der Waals surface area (Å²) >= 11 is 0. The van der Waals surface area contributed by atoms with E-state index in [4.69, 9.17) is 16.6 Å². The molecule has 5 rings (SSSR count). The lowest BCUT2D eigenvalue weighted by Crippen LogP contribution is -2.26. The molecule has 4 N–H and O–H groups in total. The number of hydrogen-bond donors (Lipinski definition) is 2. The zero-order valence-electron chi connectivity index (χ0n) is 21.2. The van der Waals surface area contributed by atoms with E-state index in [9.17, 15) is 12.8 Å². The molecular weight excluding hydrogens is 508 g/mol. The maximum absolute atomic E-state index is 15.2. The minimum Gasteiger partial charge on any atom is -0.383 e. The Morgan fingerprint density at radius 3 is 2.34 bits per heavy atom. The van der Waals surface area contributed by atoms with Crippen molar-refractivity contribution in [3.8, 4) is 11.3 Å². The molecule has 0 amide bonds. The van der Waals surface area contributed by atoms with E-state index in [2.05, 4.69) is 4.98 Å². The molecule has 0 atom stereocenters. The standard InChI is InChI=1S/C28H31F2N5O2S/c1-2-35-27-22(17-9-11-21(31)12-10-17)14-33-28(32)25(27)26(34-35)18-7-8-20(24(30)13-18)16-38(36,37)15-19-5-3-4-6-23(19)29/h3-8,13-14,17,21H,2,9-12,15-16,31H2,1H3,(H2,32,33). The Kier molecular flexibility index (Phi) is 7.19. The number of sulfone groups is 1. The maximum atomic E-state index is 15.2. The molecule has 0 unspecified atom stereocenters. The van der Waals surface area contributed by atoms with Gasteiger partial charge in [-0.15, -0.1) is 0 Å². The highest BCUT2D eigenvalue weighted by molar-refractivity contribution is 7.89. The van der Waals surface area contributed by atoms with Crippen LogP contribution in [-0.4, -0.2) is 29.2 Å². The number of rotatable bonds is 7. The van der Waals surface area contributed by atoms with Crippen molar-refractivity contribution >= 4 is 26.6 Å². The highest BCUT2D eigenvalue weighted by atomic mass is 32.2. The molecule has 2 aromatic carbocycles. The fourth-order valence-corrected chi connectivity index (χ4v) is 6.89. The van der Waals surface area contributed by atoms with Crippen LogP contribution in [0.15, 0.2) is 48.7 Å². The fourth-order valence-electron chi connectivity index (χ4n) is 5.37. The molecule has 2 heterocycles. The minimum absolute atomic E-state index is 0.00893. The van der Waals surface area contributed by atoms with E-state index in [-0.39, 0.29) is 17.2 Å². The Morgan fingerprint density at radius 2 is 1.68 bits per heavy atom. The van der Waals surface area contributed by atoms with Gasteiger partial charge in [0.15, 0.2) is 9.84 Å². The van der Waals surface area contributed by atoms with Crippen LogP contribution in [0.4, 0.5) is 14.6 Å². The molecule has 38 heavy (non-hydrogen) atoms. The van der Waals surface area contributed by atoms with Gasteiger partial charge < -0.3 is 11.5 Å². The van der Waals surface area contributed by atoms with Crippen LogP contribution in [0.1, 0.15) is 55.2 Å². The zero-order valence-corrected chi connectivity index (χ0v) is 22.0. The molecule has 10 heteroatoms. The highest BCUT2D eigenvalue weighted by Crippen LogP contribution is 2.40. The summed E-state index contributed by atoms with van der Waals surface area (Å²) in [6, 6.07) is 10.3. The molecule has 0 aliphatic heterocycles. The third kappa shape index (κ3) is 5.15. The van der Waals surface area contributed by atoms with Crippen molar-refractivity contribution in [2.24, 2.45) is 5.73 Å². The Labute approximate surface area is 220 Å². The van der Waals surface area contributed by atoms with Crippen molar-refractivity contribution in [2.75, 3.05) is 5.73 Å². The molecule has 1 aliphatic rings. The van der Waals surface area contributed by atoms with Crippen molar-refractivity contribution in [1.82, 2.24) is 14.8 Å². The molecule has 1 aliphatic carbocycles. The molecule has 4 aromatic rings. The van der Waals surface area contributed by atoms with Gasteiger partial charge >= 0.3 is 0 Å². The molecular formula is C28H31F2N5O2S. The Balaban J connectivity index is 1.49. The summed E-state index contributed by atoms with van der Waals surface area (Å²) in [5.41, 5.74) is 15.5. The number of halogens is 2. The van der Waals surface area contributed by atoms with Crippen molar-refractivity contribution in [3.63, 3.8) is 0 Å². The summed E-state index contributed by atoms with van der Waals surface area (Å²) < 4.78 is 56.5. The van der Waals surface area contributed by atoms with Crippen molar-refractivity contribution in [2.45, 2.75) is 62.6 Å². The molecule has 0 radical (unpaired) electrons. The van der Waals surface area contributed by atoms with Crippen molar-refractivity contribution < 1.29 is 17.2 Å². The fraction of sp³-hybridized carbons (Fsp3) is 0.357. The maximum Gasteiger partial charge on any atom is 0.158 e. The minimum atomic E-state index is -3.81. The average Bonchev–Trinajstić information content (AvgIpc) is 3.28. The largest absolute Gasteiger partial charge is 0.383 e. The van der Waals surface area contributed by atoms with Gasteiger partial charge in [-0.1, -0.05) is 30.3 Å². The third-order valence-electron chi connectivity index (χ3n) is 7.37. The van der Waals surface area contributed by atoms with Crippen molar-refractivity contribution in [3.05, 3.63) is 77.0 Å². The summed E-state index contributed by atoms with van der Waals surface area (Å²) in [5.74, 6) is -1.74. The number of pyridine rings is 1. The predicted molar refractivity (Wildman–Crippen MR) is 145 cm³/mol. The van der Waals surface area contributed by atoms with E-state index in [0.29, 0.717) is 34.9 Å². The number of fused-ring (bicyclic) bond motifs is 1.